The van der Waals surface area contributed by atoms with Crippen molar-refractivity contribution in [1.82, 2.24) is 0 Å². The molecular formula is C24H28N2O3S. The van der Waals surface area contributed by atoms with E-state index in [-0.39, 0.29) is 17.1 Å². The van der Waals surface area contributed by atoms with Gasteiger partial charge in [-0.3, -0.25) is 9.59 Å². The molecule has 1 heterocycles. The highest BCUT2D eigenvalue weighted by Crippen LogP contribution is 2.40. The van der Waals surface area contributed by atoms with Gasteiger partial charge in [0.15, 0.2) is 0 Å². The Morgan fingerprint density at radius 3 is 2.13 bits per heavy atom. The molecule has 2 aromatic carbocycles. The summed E-state index contributed by atoms with van der Waals surface area (Å²) >= 11 is 1.43. The van der Waals surface area contributed by atoms with E-state index in [1.54, 1.807) is 0 Å². The summed E-state index contributed by atoms with van der Waals surface area (Å²) in [4.78, 5) is 30.4. The van der Waals surface area contributed by atoms with Crippen LogP contribution in [0.25, 0.3) is 5.57 Å². The predicted octanol–water partition coefficient (Wildman–Crippen LogP) is 4.97. The van der Waals surface area contributed by atoms with Crippen LogP contribution in [0.5, 0.6) is 5.75 Å². The van der Waals surface area contributed by atoms with Crippen molar-refractivity contribution in [2.75, 3.05) is 30.5 Å². The first-order valence-electron chi connectivity index (χ1n) is 10.1. The van der Waals surface area contributed by atoms with Gasteiger partial charge in [0, 0.05) is 25.0 Å². The maximum absolute atomic E-state index is 13.4. The minimum Gasteiger partial charge on any atom is -0.494 e. The number of amides is 2. The smallest absolute Gasteiger partial charge is 0.272 e. The Hall–Kier alpha value is -2.73. The number of thioether (sulfide) groups is 1. The van der Waals surface area contributed by atoms with Crippen LogP contribution in [0.2, 0.25) is 0 Å². The second-order valence-corrected chi connectivity index (χ2v) is 9.19. The van der Waals surface area contributed by atoms with E-state index in [1.807, 2.05) is 81.4 Å². The molecule has 5 nitrogen and oxygen atoms in total. The number of carbonyl (C=O) groups excluding carboxylic acids is 2. The van der Waals surface area contributed by atoms with E-state index in [4.69, 9.17) is 4.74 Å². The molecule has 0 spiro atoms. The molecule has 0 aliphatic carbocycles. The molecule has 1 aliphatic rings. The molecule has 0 unspecified atom stereocenters. The summed E-state index contributed by atoms with van der Waals surface area (Å²) in [6.45, 7) is 6.73. The zero-order valence-corrected chi connectivity index (χ0v) is 19.0. The van der Waals surface area contributed by atoms with Crippen LogP contribution in [-0.4, -0.2) is 37.8 Å². The predicted molar refractivity (Wildman–Crippen MR) is 125 cm³/mol. The van der Waals surface area contributed by atoms with E-state index in [1.165, 1.54) is 16.7 Å². The first-order chi connectivity index (χ1) is 14.3. The van der Waals surface area contributed by atoms with Gasteiger partial charge in [-0.25, -0.2) is 4.90 Å². The average Bonchev–Trinajstić information content (AvgIpc) is 2.96. The lowest BCUT2D eigenvalue weighted by Crippen LogP contribution is -2.31. The topological polar surface area (TPSA) is 49.9 Å². The van der Waals surface area contributed by atoms with Crippen molar-refractivity contribution in [3.8, 4) is 5.75 Å². The summed E-state index contributed by atoms with van der Waals surface area (Å²) in [5.41, 5.74) is 2.77. The normalized spacial score (nSPS) is 14.1. The Bertz CT molecular complexity index is 947. The summed E-state index contributed by atoms with van der Waals surface area (Å²) in [7, 11) is 3.90. The largest absolute Gasteiger partial charge is 0.494 e. The van der Waals surface area contributed by atoms with Crippen molar-refractivity contribution < 1.29 is 14.3 Å². The van der Waals surface area contributed by atoms with Gasteiger partial charge >= 0.3 is 0 Å². The maximum atomic E-state index is 13.4. The molecule has 0 radical (unpaired) electrons. The molecule has 0 aromatic heterocycles. The van der Waals surface area contributed by atoms with Crippen molar-refractivity contribution in [1.29, 1.82) is 0 Å². The van der Waals surface area contributed by atoms with Gasteiger partial charge in [-0.1, -0.05) is 32.9 Å². The van der Waals surface area contributed by atoms with Crippen LogP contribution in [0.15, 0.2) is 53.4 Å². The van der Waals surface area contributed by atoms with Gasteiger partial charge in [-0.05, 0) is 48.4 Å². The van der Waals surface area contributed by atoms with E-state index in [0.29, 0.717) is 22.8 Å². The van der Waals surface area contributed by atoms with Crippen molar-refractivity contribution in [3.05, 3.63) is 59.0 Å². The molecule has 6 heteroatoms. The number of anilines is 2. The quantitative estimate of drug-likeness (QED) is 0.560. The summed E-state index contributed by atoms with van der Waals surface area (Å²) < 4.78 is 5.65. The highest BCUT2D eigenvalue weighted by Gasteiger charge is 2.40. The minimum atomic E-state index is -0.289. The molecule has 0 saturated heterocycles. The molecule has 158 valence electrons. The minimum absolute atomic E-state index is 0.176. The van der Waals surface area contributed by atoms with Crippen LogP contribution in [0.4, 0.5) is 11.4 Å². The molecular weight excluding hydrogens is 396 g/mol. The third-order valence-electron chi connectivity index (χ3n) is 4.64. The Balaban J connectivity index is 1.97. The number of rotatable bonds is 8. The number of hydrogen-bond acceptors (Lipinski definition) is 5. The SMILES string of the molecule is CCCOc1ccc(C2=C(SC(C)C)C(=O)N(c3ccc(N(C)C)cc3)C2=O)cc1. The van der Waals surface area contributed by atoms with Crippen molar-refractivity contribution >= 4 is 40.5 Å². The number of ether oxygens (including phenoxy) is 1. The monoisotopic (exact) mass is 424 g/mol. The fourth-order valence-electron chi connectivity index (χ4n) is 3.18. The highest BCUT2D eigenvalue weighted by molar-refractivity contribution is 8.04. The number of imide groups is 1. The zero-order chi connectivity index (χ0) is 21.8. The zero-order valence-electron chi connectivity index (χ0n) is 18.1. The van der Waals surface area contributed by atoms with Gasteiger partial charge in [0.25, 0.3) is 11.8 Å². The Kier molecular flexibility index (Phi) is 6.87. The van der Waals surface area contributed by atoms with Gasteiger partial charge < -0.3 is 9.64 Å². The Morgan fingerprint density at radius 1 is 0.967 bits per heavy atom. The molecule has 1 aliphatic heterocycles. The average molecular weight is 425 g/mol. The third-order valence-corrected chi connectivity index (χ3v) is 5.72. The molecule has 3 rings (SSSR count). The summed E-state index contributed by atoms with van der Waals surface area (Å²) in [5.74, 6) is 0.202. The molecule has 0 fully saturated rings. The lowest BCUT2D eigenvalue weighted by molar-refractivity contribution is -0.119. The second kappa shape index (κ2) is 9.39. The number of benzene rings is 2. The number of nitrogens with zero attached hydrogens (tertiary/aromatic N) is 2. The summed E-state index contributed by atoms with van der Waals surface area (Å²) in [6.07, 6.45) is 0.927. The van der Waals surface area contributed by atoms with E-state index in [2.05, 4.69) is 6.92 Å². The fraction of sp³-hybridized carbons (Fsp3) is 0.333. The fourth-order valence-corrected chi connectivity index (χ4v) is 4.17. The van der Waals surface area contributed by atoms with Gasteiger partial charge in [-0.2, -0.15) is 0 Å². The molecule has 0 bridgehead atoms. The van der Waals surface area contributed by atoms with Crippen LogP contribution in [0, 0.1) is 0 Å². The first kappa shape index (κ1) is 22.0. The number of hydrogen-bond donors (Lipinski definition) is 0. The van der Waals surface area contributed by atoms with Crippen LogP contribution >= 0.6 is 11.8 Å². The van der Waals surface area contributed by atoms with Crippen LogP contribution in [0.1, 0.15) is 32.8 Å². The lowest BCUT2D eigenvalue weighted by Gasteiger charge is -2.18. The standard InChI is InChI=1S/C24H28N2O3S/c1-6-15-29-20-13-7-17(8-14-20)21-22(30-16(2)3)24(28)26(23(21)27)19-11-9-18(10-12-19)25(4)5/h7-14,16H,6,15H2,1-5H3. The van der Waals surface area contributed by atoms with Crippen molar-refractivity contribution in [2.24, 2.45) is 0 Å². The summed E-state index contributed by atoms with van der Waals surface area (Å²) in [5, 5.41) is 0.176. The van der Waals surface area contributed by atoms with E-state index in [0.717, 1.165) is 23.4 Å². The Morgan fingerprint density at radius 2 is 1.60 bits per heavy atom. The second-order valence-electron chi connectivity index (χ2n) is 7.60. The van der Waals surface area contributed by atoms with Crippen LogP contribution < -0.4 is 14.5 Å². The molecule has 0 atom stereocenters. The first-order valence-corrected chi connectivity index (χ1v) is 11.0. The van der Waals surface area contributed by atoms with Crippen molar-refractivity contribution in [2.45, 2.75) is 32.4 Å². The van der Waals surface area contributed by atoms with Gasteiger partial charge in [0.2, 0.25) is 0 Å². The van der Waals surface area contributed by atoms with Gasteiger partial charge in [0.05, 0.1) is 22.8 Å². The van der Waals surface area contributed by atoms with Gasteiger partial charge in [0.1, 0.15) is 5.75 Å². The van der Waals surface area contributed by atoms with Crippen LogP contribution in [-0.2, 0) is 9.59 Å². The third kappa shape index (κ3) is 4.54. The molecule has 2 amide bonds. The van der Waals surface area contributed by atoms with Gasteiger partial charge in [-0.15, -0.1) is 11.8 Å². The number of carbonyl (C=O) groups is 2. The van der Waals surface area contributed by atoms with Crippen LogP contribution in [0.3, 0.4) is 0 Å². The highest BCUT2D eigenvalue weighted by atomic mass is 32.2. The summed E-state index contributed by atoms with van der Waals surface area (Å²) in [6, 6.07) is 14.8. The Labute approximate surface area is 182 Å². The van der Waals surface area contributed by atoms with E-state index < -0.39 is 0 Å². The maximum Gasteiger partial charge on any atom is 0.272 e. The van der Waals surface area contributed by atoms with E-state index in [9.17, 15) is 9.59 Å². The lowest BCUT2D eigenvalue weighted by atomic mass is 10.1. The molecule has 30 heavy (non-hydrogen) atoms. The molecule has 2 aromatic rings. The van der Waals surface area contributed by atoms with Crippen molar-refractivity contribution in [3.63, 3.8) is 0 Å². The molecule has 0 N–H and O–H groups in total. The molecule has 0 saturated carbocycles. The van der Waals surface area contributed by atoms with E-state index >= 15 is 0 Å².